The predicted molar refractivity (Wildman–Crippen MR) is 87.4 cm³/mol. The first-order valence-corrected chi connectivity index (χ1v) is 8.09. The molecule has 0 saturated carbocycles. The third kappa shape index (κ3) is 3.48. The van der Waals surface area contributed by atoms with Gasteiger partial charge in [-0.3, -0.25) is 9.36 Å². The van der Waals surface area contributed by atoms with E-state index < -0.39 is 5.76 Å². The summed E-state index contributed by atoms with van der Waals surface area (Å²) in [6.07, 6.45) is 3.61. The van der Waals surface area contributed by atoms with Gasteiger partial charge >= 0.3 is 5.76 Å². The second-order valence-electron chi connectivity index (χ2n) is 4.94. The Bertz CT molecular complexity index is 880. The molecular weight excluding hydrogens is 316 g/mol. The van der Waals surface area contributed by atoms with Crippen LogP contribution in [0, 0.1) is 0 Å². The minimum absolute atomic E-state index is 0.0527. The number of carbonyl (C=O) groups is 1. The first-order valence-electron chi connectivity index (χ1n) is 7.10. The molecule has 3 aromatic rings. The number of carbonyl (C=O) groups excluding carboxylic acids is 1. The molecule has 23 heavy (non-hydrogen) atoms. The maximum Gasteiger partial charge on any atom is 0.420 e. The number of imidazole rings is 1. The number of amides is 1. The van der Waals surface area contributed by atoms with Gasteiger partial charge in [0.05, 0.1) is 5.52 Å². The van der Waals surface area contributed by atoms with Crippen LogP contribution in [0.15, 0.2) is 51.0 Å². The van der Waals surface area contributed by atoms with E-state index in [1.807, 2.05) is 17.8 Å². The largest absolute Gasteiger partial charge is 0.420 e. The quantitative estimate of drug-likeness (QED) is 0.542. The van der Waals surface area contributed by atoms with E-state index in [4.69, 9.17) is 4.42 Å². The lowest BCUT2D eigenvalue weighted by Crippen LogP contribution is -2.32. The average molecular weight is 332 g/mol. The highest BCUT2D eigenvalue weighted by atomic mass is 32.2. The summed E-state index contributed by atoms with van der Waals surface area (Å²) in [6.45, 7) is 0.448. The SMILES string of the molecule is Cn1ccnc1SCCNC(=O)Cn1c(=O)oc2ccccc21. The Morgan fingerprint density at radius 3 is 3.00 bits per heavy atom. The van der Waals surface area contributed by atoms with Crippen LogP contribution in [0.5, 0.6) is 0 Å². The molecule has 7 nitrogen and oxygen atoms in total. The summed E-state index contributed by atoms with van der Waals surface area (Å²) in [7, 11) is 1.92. The van der Waals surface area contributed by atoms with Crippen molar-refractivity contribution < 1.29 is 9.21 Å². The van der Waals surface area contributed by atoms with E-state index in [9.17, 15) is 9.59 Å². The number of oxazole rings is 1. The Kier molecular flexibility index (Phi) is 4.52. The van der Waals surface area contributed by atoms with Gasteiger partial charge in [-0.25, -0.2) is 9.78 Å². The van der Waals surface area contributed by atoms with Crippen LogP contribution in [0.2, 0.25) is 0 Å². The standard InChI is InChI=1S/C15H16N4O3S/c1-18-8-6-17-14(18)23-9-7-16-13(20)10-19-11-4-2-3-5-12(11)22-15(19)21/h2-6,8H,7,9-10H2,1H3,(H,16,20). The number of hydrogen-bond donors (Lipinski definition) is 1. The maximum absolute atomic E-state index is 12.0. The minimum atomic E-state index is -0.524. The van der Waals surface area contributed by atoms with Crippen LogP contribution in [0.4, 0.5) is 0 Å². The van der Waals surface area contributed by atoms with E-state index in [-0.39, 0.29) is 12.5 Å². The van der Waals surface area contributed by atoms with Crippen LogP contribution in [0.3, 0.4) is 0 Å². The molecule has 8 heteroatoms. The summed E-state index contributed by atoms with van der Waals surface area (Å²) in [4.78, 5) is 28.0. The molecule has 1 amide bonds. The van der Waals surface area contributed by atoms with Gasteiger partial charge in [-0.15, -0.1) is 0 Å². The number of hydrogen-bond acceptors (Lipinski definition) is 5. The van der Waals surface area contributed by atoms with Crippen LogP contribution in [0.1, 0.15) is 0 Å². The Balaban J connectivity index is 1.54. The van der Waals surface area contributed by atoms with Gasteiger partial charge in [0.2, 0.25) is 5.91 Å². The van der Waals surface area contributed by atoms with Gasteiger partial charge in [0.1, 0.15) is 6.54 Å². The van der Waals surface area contributed by atoms with E-state index in [0.29, 0.717) is 23.4 Å². The van der Waals surface area contributed by atoms with Crippen molar-refractivity contribution in [2.45, 2.75) is 11.7 Å². The number of nitrogens with one attached hydrogen (secondary N) is 1. The van der Waals surface area contributed by atoms with Crippen molar-refractivity contribution in [3.63, 3.8) is 0 Å². The number of thioether (sulfide) groups is 1. The molecule has 0 atom stereocenters. The summed E-state index contributed by atoms with van der Waals surface area (Å²) in [5.41, 5.74) is 1.10. The number of aryl methyl sites for hydroxylation is 1. The zero-order valence-corrected chi connectivity index (χ0v) is 13.4. The van der Waals surface area contributed by atoms with E-state index in [0.717, 1.165) is 5.16 Å². The zero-order valence-electron chi connectivity index (χ0n) is 12.6. The lowest BCUT2D eigenvalue weighted by Gasteiger charge is -2.05. The Labute approximate surface area is 136 Å². The van der Waals surface area contributed by atoms with Crippen LogP contribution in [-0.4, -0.2) is 32.3 Å². The van der Waals surface area contributed by atoms with Crippen molar-refractivity contribution in [3.8, 4) is 0 Å². The van der Waals surface area contributed by atoms with Gasteiger partial charge in [-0.1, -0.05) is 23.9 Å². The van der Waals surface area contributed by atoms with E-state index in [2.05, 4.69) is 10.3 Å². The van der Waals surface area contributed by atoms with E-state index >= 15 is 0 Å². The smallest absolute Gasteiger partial charge is 0.408 e. The molecule has 0 aliphatic heterocycles. The van der Waals surface area contributed by atoms with Gasteiger partial charge in [-0.05, 0) is 12.1 Å². The number of fused-ring (bicyclic) bond motifs is 1. The van der Waals surface area contributed by atoms with Crippen molar-refractivity contribution in [2.75, 3.05) is 12.3 Å². The molecule has 2 heterocycles. The molecule has 0 bridgehead atoms. The fourth-order valence-electron chi connectivity index (χ4n) is 2.19. The number of para-hydroxylation sites is 2. The first kappa shape index (κ1) is 15.4. The van der Waals surface area contributed by atoms with Crippen molar-refractivity contribution in [3.05, 3.63) is 47.2 Å². The van der Waals surface area contributed by atoms with Crippen molar-refractivity contribution in [1.82, 2.24) is 19.4 Å². The third-order valence-corrected chi connectivity index (χ3v) is 4.37. The van der Waals surface area contributed by atoms with Crippen molar-refractivity contribution in [2.24, 2.45) is 7.05 Å². The molecular formula is C15H16N4O3S. The molecule has 0 spiro atoms. The van der Waals surface area contributed by atoms with Crippen LogP contribution >= 0.6 is 11.8 Å². The summed E-state index contributed by atoms with van der Waals surface area (Å²) < 4.78 is 8.35. The fourth-order valence-corrected chi connectivity index (χ4v) is 2.97. The highest BCUT2D eigenvalue weighted by molar-refractivity contribution is 7.99. The molecule has 0 aliphatic carbocycles. The maximum atomic E-state index is 12.0. The van der Waals surface area contributed by atoms with Gasteiger partial charge in [0.25, 0.3) is 0 Å². The Hall–Kier alpha value is -2.48. The summed E-state index contributed by atoms with van der Waals surface area (Å²) in [5.74, 6) is -0.0414. The van der Waals surface area contributed by atoms with Gasteiger partial charge in [0.15, 0.2) is 10.7 Å². The zero-order chi connectivity index (χ0) is 16.2. The van der Waals surface area contributed by atoms with Gasteiger partial charge in [0, 0.05) is 31.7 Å². The van der Waals surface area contributed by atoms with Crippen LogP contribution in [-0.2, 0) is 18.4 Å². The molecule has 2 aromatic heterocycles. The first-order chi connectivity index (χ1) is 11.1. The lowest BCUT2D eigenvalue weighted by atomic mass is 10.3. The topological polar surface area (TPSA) is 82.1 Å². The Morgan fingerprint density at radius 2 is 2.22 bits per heavy atom. The normalized spacial score (nSPS) is 11.0. The molecule has 1 N–H and O–H groups in total. The van der Waals surface area contributed by atoms with E-state index in [1.54, 1.807) is 42.2 Å². The highest BCUT2D eigenvalue weighted by Gasteiger charge is 2.11. The van der Waals surface area contributed by atoms with Gasteiger partial charge < -0.3 is 14.3 Å². The van der Waals surface area contributed by atoms with E-state index in [1.165, 1.54) is 4.57 Å². The number of nitrogens with zero attached hydrogens (tertiary/aromatic N) is 3. The van der Waals surface area contributed by atoms with Gasteiger partial charge in [-0.2, -0.15) is 0 Å². The monoisotopic (exact) mass is 332 g/mol. The molecule has 0 radical (unpaired) electrons. The molecule has 3 rings (SSSR count). The van der Waals surface area contributed by atoms with Crippen LogP contribution < -0.4 is 11.1 Å². The number of aromatic nitrogens is 3. The third-order valence-electron chi connectivity index (χ3n) is 3.31. The molecule has 0 saturated heterocycles. The van der Waals surface area contributed by atoms with Crippen molar-refractivity contribution in [1.29, 1.82) is 0 Å². The number of rotatable bonds is 6. The van der Waals surface area contributed by atoms with Crippen molar-refractivity contribution >= 4 is 28.8 Å². The second kappa shape index (κ2) is 6.74. The second-order valence-corrected chi connectivity index (χ2v) is 6.00. The van der Waals surface area contributed by atoms with Crippen LogP contribution in [0.25, 0.3) is 11.1 Å². The molecule has 0 unspecified atom stereocenters. The predicted octanol–water partition coefficient (Wildman–Crippen LogP) is 1.24. The highest BCUT2D eigenvalue weighted by Crippen LogP contribution is 2.13. The fraction of sp³-hybridized carbons (Fsp3) is 0.267. The molecule has 1 aromatic carbocycles. The number of benzene rings is 1. The summed E-state index contributed by atoms with van der Waals surface area (Å²) in [5, 5.41) is 3.70. The Morgan fingerprint density at radius 1 is 1.39 bits per heavy atom. The summed E-state index contributed by atoms with van der Waals surface area (Å²) >= 11 is 1.56. The average Bonchev–Trinajstić information content (AvgIpc) is 3.08. The summed E-state index contributed by atoms with van der Waals surface area (Å²) in [6, 6.07) is 7.04. The molecule has 0 aliphatic rings. The lowest BCUT2D eigenvalue weighted by molar-refractivity contribution is -0.121. The minimum Gasteiger partial charge on any atom is -0.408 e. The molecule has 120 valence electrons. The molecule has 0 fully saturated rings.